The van der Waals surface area contributed by atoms with Crippen LogP contribution in [0.15, 0.2) is 0 Å². The smallest absolute Gasteiger partial charge is 0.404 e. The first-order chi connectivity index (χ1) is 25.0. The molecule has 12 nitrogen and oxygen atoms in total. The molecule has 0 spiro atoms. The number of aldehydes is 1. The normalized spacial score (nSPS) is 22.0. The quantitative estimate of drug-likeness (QED) is 0.0881. The van der Waals surface area contributed by atoms with E-state index in [-0.39, 0.29) is 89.4 Å². The van der Waals surface area contributed by atoms with Crippen molar-refractivity contribution in [2.75, 3.05) is 27.2 Å². The van der Waals surface area contributed by atoms with Crippen LogP contribution in [-0.4, -0.2) is 114 Å². The third-order valence-corrected chi connectivity index (χ3v) is 10.1. The summed E-state index contributed by atoms with van der Waals surface area (Å²) < 4.78 is 180. The molecule has 5 aliphatic carbocycles. The van der Waals surface area contributed by atoms with E-state index in [1.165, 1.54) is 7.05 Å². The Kier molecular flexibility index (Phi) is 17.2. The van der Waals surface area contributed by atoms with Gasteiger partial charge in [-0.3, -0.25) is 24.5 Å². The van der Waals surface area contributed by atoms with Crippen LogP contribution in [0.5, 0.6) is 0 Å². The molecule has 0 heterocycles. The zero-order valence-corrected chi connectivity index (χ0v) is 30.4. The number of carbonyl (C=O) groups is 3. The van der Waals surface area contributed by atoms with Gasteiger partial charge in [-0.25, -0.2) is 5.06 Å². The first-order valence-corrected chi connectivity index (χ1v) is 16.0. The number of hydrogen-bond donors (Lipinski definition) is 4. The van der Waals surface area contributed by atoms with Crippen LogP contribution in [0.3, 0.4) is 0 Å². The van der Waals surface area contributed by atoms with Gasteiger partial charge >= 0.3 is 36.9 Å². The largest absolute Gasteiger partial charge is 0.481 e. The van der Waals surface area contributed by atoms with Crippen molar-refractivity contribution in [2.45, 2.75) is 107 Å². The first kappa shape index (κ1) is 54.1. The number of nitrogens with zero attached hydrogens (tertiary/aromatic N) is 2. The average molecular weight is 894 g/mol. The van der Waals surface area contributed by atoms with Gasteiger partial charge in [-0.1, -0.05) is 0 Å². The van der Waals surface area contributed by atoms with Crippen molar-refractivity contribution in [3.63, 3.8) is 0 Å². The lowest BCUT2D eigenvalue weighted by molar-refractivity contribution is -0.496. The number of rotatable bonds is 9. The third kappa shape index (κ3) is 12.3. The minimum absolute atomic E-state index is 0. The Morgan fingerprint density at radius 2 is 1.07 bits per heavy atom. The zero-order valence-electron chi connectivity index (χ0n) is 29.6. The van der Waals surface area contributed by atoms with Gasteiger partial charge in [-0.2, -0.15) is 65.9 Å². The van der Waals surface area contributed by atoms with Crippen LogP contribution in [-0.2, 0) is 19.2 Å². The molecule has 0 aromatic heterocycles. The van der Waals surface area contributed by atoms with Crippen molar-refractivity contribution >= 4 is 30.6 Å². The van der Waals surface area contributed by atoms with E-state index in [2.05, 4.69) is 4.84 Å². The second kappa shape index (κ2) is 18.1. The van der Waals surface area contributed by atoms with E-state index in [1.807, 2.05) is 0 Å². The van der Waals surface area contributed by atoms with Gasteiger partial charge in [-0.15, -0.1) is 12.4 Å². The molecule has 0 bridgehead atoms. The first-order valence-electron chi connectivity index (χ1n) is 16.0. The second-order valence-electron chi connectivity index (χ2n) is 13.8. The van der Waals surface area contributed by atoms with Crippen LogP contribution >= 0.6 is 12.4 Å². The fourth-order valence-electron chi connectivity index (χ4n) is 4.90. The molecule has 5 N–H and O–H groups in total. The van der Waals surface area contributed by atoms with E-state index >= 15 is 0 Å². The maximum absolute atomic E-state index is 12.3. The number of amides is 1. The molecule has 5 saturated carbocycles. The summed E-state index contributed by atoms with van der Waals surface area (Å²) in [5.74, 6) is -2.76. The molecule has 0 aliphatic heterocycles. The number of carboxylic acid groups (broad SMARTS) is 1. The highest BCUT2D eigenvalue weighted by Gasteiger charge is 2.71. The Bertz CT molecular complexity index is 1390. The standard InChI is InChI=1S/C7H10F3NO2.C6H8F3NO3.C6H10F3NO.C5H5F3O2.C5H5F3O.ClH/c1-11(13-2)5(12)6(3-4-6)7(8,9)10;7-6(8,9)5(1-2-5)4(11)3-10(12)13;7-6(8,9)5(1-2-5)4(11)3-10;6-5(7,8)4(1-2-4)3(9)10;6-5(7,8)4(3-9)1-2-4;/h3-4H2,1-2H3;4,11H,1-3H2;4,11H,1-3,10H2;1-2H2,(H,9,10);3H,1-2H2;1H. The summed E-state index contributed by atoms with van der Waals surface area (Å²) in [6.07, 6.45) is -26.8. The highest BCUT2D eigenvalue weighted by molar-refractivity contribution is 5.85. The van der Waals surface area contributed by atoms with Crippen molar-refractivity contribution in [3.05, 3.63) is 10.1 Å². The summed E-state index contributed by atoms with van der Waals surface area (Å²) in [4.78, 5) is 44.4. The van der Waals surface area contributed by atoms with Gasteiger partial charge in [0.05, 0.1) is 24.0 Å². The van der Waals surface area contributed by atoms with Crippen LogP contribution in [0.4, 0.5) is 65.9 Å². The Balaban J connectivity index is 0.000000689. The number of aliphatic carboxylic acids is 1. The van der Waals surface area contributed by atoms with Crippen LogP contribution in [0.2, 0.25) is 0 Å². The molecule has 0 aromatic rings. The average Bonchev–Trinajstić information content (AvgIpc) is 3.88. The molecule has 1 amide bonds. The number of carbonyl (C=O) groups excluding carboxylic acids is 2. The number of halogens is 16. The number of aliphatic hydroxyl groups is 2. The molecule has 5 aliphatic rings. The molecule has 0 saturated heterocycles. The second-order valence-corrected chi connectivity index (χ2v) is 13.8. The number of hydroxylamine groups is 2. The van der Waals surface area contributed by atoms with E-state index in [9.17, 15) is 90.4 Å². The van der Waals surface area contributed by atoms with Gasteiger partial charge in [0.25, 0.3) is 5.91 Å². The summed E-state index contributed by atoms with van der Waals surface area (Å²) in [5.41, 5.74) is -5.65. The molecule has 2 atom stereocenters. The maximum atomic E-state index is 12.3. The zero-order chi connectivity index (χ0) is 44.4. The topological polar surface area (TPSA) is 194 Å². The van der Waals surface area contributed by atoms with Gasteiger partial charge in [0, 0.05) is 18.5 Å². The Hall–Kier alpha value is -2.91. The van der Waals surface area contributed by atoms with Crippen molar-refractivity contribution in [3.8, 4) is 0 Å². The lowest BCUT2D eigenvalue weighted by Gasteiger charge is -2.23. The predicted octanol–water partition coefficient (Wildman–Crippen LogP) is 6.33. The van der Waals surface area contributed by atoms with E-state index in [4.69, 9.17) is 21.1 Å². The molecule has 28 heteroatoms. The van der Waals surface area contributed by atoms with Crippen molar-refractivity contribution in [2.24, 2.45) is 32.8 Å². The van der Waals surface area contributed by atoms with Crippen LogP contribution in [0.1, 0.15) is 64.2 Å². The summed E-state index contributed by atoms with van der Waals surface area (Å²) in [7, 11) is 2.33. The van der Waals surface area contributed by atoms with Crippen LogP contribution in [0, 0.1) is 37.2 Å². The number of nitro groups is 1. The minimum Gasteiger partial charge on any atom is -0.481 e. The van der Waals surface area contributed by atoms with Gasteiger partial charge in [0.2, 0.25) is 6.54 Å². The number of aliphatic hydroxyl groups excluding tert-OH is 2. The lowest BCUT2D eigenvalue weighted by Crippen LogP contribution is -2.41. The molecule has 2 unspecified atom stereocenters. The fourth-order valence-corrected chi connectivity index (χ4v) is 4.90. The van der Waals surface area contributed by atoms with Gasteiger partial charge in [-0.05, 0) is 64.2 Å². The van der Waals surface area contributed by atoms with Crippen molar-refractivity contribution in [1.29, 1.82) is 0 Å². The number of hydrogen-bond acceptors (Lipinski definition) is 9. The monoisotopic (exact) mass is 893 g/mol. The Morgan fingerprint density at radius 3 is 1.19 bits per heavy atom. The Morgan fingerprint density at radius 1 is 0.719 bits per heavy atom. The summed E-state index contributed by atoms with van der Waals surface area (Å²) in [6.45, 7) is -1.36. The molecular weight excluding hydrogens is 855 g/mol. The van der Waals surface area contributed by atoms with Gasteiger partial charge in [0.15, 0.2) is 5.41 Å². The Labute approximate surface area is 318 Å². The molecule has 5 rings (SSSR count). The van der Waals surface area contributed by atoms with E-state index < -0.39 is 93.5 Å². The molecule has 336 valence electrons. The number of nitrogens with two attached hydrogens (primary N) is 1. The summed E-state index contributed by atoms with van der Waals surface area (Å²) >= 11 is 0. The van der Waals surface area contributed by atoms with Crippen molar-refractivity contribution in [1.82, 2.24) is 5.06 Å². The molecule has 5 fully saturated rings. The maximum Gasteiger partial charge on any atom is 0.404 e. The molecular formula is C29H39ClF15N3O9. The van der Waals surface area contributed by atoms with Crippen LogP contribution < -0.4 is 5.73 Å². The third-order valence-electron chi connectivity index (χ3n) is 10.1. The van der Waals surface area contributed by atoms with Crippen molar-refractivity contribution < 1.29 is 105 Å². The van der Waals surface area contributed by atoms with E-state index in [0.717, 1.165) is 7.11 Å². The van der Waals surface area contributed by atoms with Crippen LogP contribution in [0.25, 0.3) is 0 Å². The summed E-state index contributed by atoms with van der Waals surface area (Å²) in [6, 6.07) is 0. The highest BCUT2D eigenvalue weighted by Crippen LogP contribution is 2.61. The van der Waals surface area contributed by atoms with Gasteiger partial charge in [0.1, 0.15) is 23.2 Å². The molecule has 0 aromatic carbocycles. The molecule has 57 heavy (non-hydrogen) atoms. The number of carboxylic acids is 1. The summed E-state index contributed by atoms with van der Waals surface area (Å²) in [5, 5.41) is 36.6. The van der Waals surface area contributed by atoms with Gasteiger partial charge < -0.3 is 25.8 Å². The minimum atomic E-state index is -4.57. The highest BCUT2D eigenvalue weighted by atomic mass is 35.5. The lowest BCUT2D eigenvalue weighted by atomic mass is 9.99. The molecule has 0 radical (unpaired) electrons. The number of alkyl halides is 15. The predicted molar refractivity (Wildman–Crippen MR) is 162 cm³/mol. The van der Waals surface area contributed by atoms with E-state index in [0.29, 0.717) is 5.06 Å². The fraction of sp³-hybridized carbons (Fsp3) is 0.897. The van der Waals surface area contributed by atoms with E-state index in [1.54, 1.807) is 0 Å². The SMILES string of the molecule is CON(C)C(=O)C1(C(F)(F)F)CC1.Cl.NCC(O)C1(C(F)(F)F)CC1.O=C(O)C1(C(F)(F)F)CC1.O=CC1(C(F)(F)F)CC1.O=[N+]([O-])CC(O)C1(C(F)(F)F)CC1.